The lowest BCUT2D eigenvalue weighted by Gasteiger charge is -2.39. The van der Waals surface area contributed by atoms with Gasteiger partial charge in [0, 0.05) is 25.7 Å². The first-order chi connectivity index (χ1) is 18.0. The Kier molecular flexibility index (Phi) is 10.4. The SMILES string of the molecule is CC(C)Oc1ccc(CC(=O)N(Cc2ccc(F)cc2)C2CCN(CCCN3CCCCC3)CC2)cc1. The van der Waals surface area contributed by atoms with Crippen molar-refractivity contribution >= 4 is 5.91 Å². The fourth-order valence-corrected chi connectivity index (χ4v) is 5.60. The summed E-state index contributed by atoms with van der Waals surface area (Å²) >= 11 is 0. The van der Waals surface area contributed by atoms with Gasteiger partial charge in [-0.15, -0.1) is 0 Å². The van der Waals surface area contributed by atoms with E-state index in [0.29, 0.717) is 13.0 Å². The molecule has 2 heterocycles. The molecule has 1 amide bonds. The Morgan fingerprint density at radius 3 is 2.11 bits per heavy atom. The van der Waals surface area contributed by atoms with Gasteiger partial charge in [-0.25, -0.2) is 4.39 Å². The molecule has 0 radical (unpaired) electrons. The van der Waals surface area contributed by atoms with E-state index in [2.05, 4.69) is 9.80 Å². The minimum atomic E-state index is -0.247. The van der Waals surface area contributed by atoms with Crippen LogP contribution in [0.2, 0.25) is 0 Å². The maximum atomic E-state index is 13.6. The molecule has 37 heavy (non-hydrogen) atoms. The van der Waals surface area contributed by atoms with Gasteiger partial charge in [0.05, 0.1) is 12.5 Å². The number of benzene rings is 2. The van der Waals surface area contributed by atoms with Crippen molar-refractivity contribution in [2.45, 2.75) is 77.5 Å². The lowest BCUT2D eigenvalue weighted by Crippen LogP contribution is -2.48. The van der Waals surface area contributed by atoms with E-state index in [1.165, 1.54) is 57.5 Å². The fraction of sp³-hybridized carbons (Fsp3) is 0.581. The van der Waals surface area contributed by atoms with E-state index < -0.39 is 0 Å². The van der Waals surface area contributed by atoms with Gasteiger partial charge in [-0.2, -0.15) is 0 Å². The number of carbonyl (C=O) groups excluding carboxylic acids is 1. The summed E-state index contributed by atoms with van der Waals surface area (Å²) in [5.41, 5.74) is 1.96. The average Bonchev–Trinajstić information content (AvgIpc) is 2.90. The van der Waals surface area contributed by atoms with Gasteiger partial charge >= 0.3 is 0 Å². The zero-order valence-corrected chi connectivity index (χ0v) is 22.7. The van der Waals surface area contributed by atoms with E-state index >= 15 is 0 Å². The van der Waals surface area contributed by atoms with Crippen LogP contribution in [0, 0.1) is 5.82 Å². The molecular formula is C31H44FN3O2. The Morgan fingerprint density at radius 2 is 1.49 bits per heavy atom. The second kappa shape index (κ2) is 13.9. The number of likely N-dealkylation sites (tertiary alicyclic amines) is 2. The molecule has 2 aromatic rings. The first kappa shape index (κ1) is 27.6. The van der Waals surface area contributed by atoms with Crippen LogP contribution >= 0.6 is 0 Å². The van der Waals surface area contributed by atoms with Crippen LogP contribution in [0.15, 0.2) is 48.5 Å². The van der Waals surface area contributed by atoms with Crippen LogP contribution in [0.4, 0.5) is 4.39 Å². The lowest BCUT2D eigenvalue weighted by atomic mass is 10.0. The van der Waals surface area contributed by atoms with E-state index in [-0.39, 0.29) is 23.9 Å². The Bertz CT molecular complexity index is 949. The third-order valence-electron chi connectivity index (χ3n) is 7.63. The number of ether oxygens (including phenoxy) is 1. The predicted molar refractivity (Wildman–Crippen MR) is 147 cm³/mol. The number of amides is 1. The van der Waals surface area contributed by atoms with Gasteiger partial charge in [0.25, 0.3) is 0 Å². The van der Waals surface area contributed by atoms with Gasteiger partial charge in [-0.1, -0.05) is 30.7 Å². The largest absolute Gasteiger partial charge is 0.491 e. The molecule has 0 bridgehead atoms. The third-order valence-corrected chi connectivity index (χ3v) is 7.63. The van der Waals surface area contributed by atoms with E-state index in [0.717, 1.165) is 49.4 Å². The number of hydrogen-bond donors (Lipinski definition) is 0. The Labute approximate surface area is 222 Å². The minimum Gasteiger partial charge on any atom is -0.491 e. The molecule has 0 spiro atoms. The number of hydrogen-bond acceptors (Lipinski definition) is 4. The van der Waals surface area contributed by atoms with Crippen LogP contribution in [0.1, 0.15) is 63.5 Å². The van der Waals surface area contributed by atoms with Gasteiger partial charge in [-0.05, 0) is 108 Å². The normalized spacial score (nSPS) is 17.7. The molecule has 0 atom stereocenters. The maximum absolute atomic E-state index is 13.6. The van der Waals surface area contributed by atoms with Crippen LogP contribution in [0.25, 0.3) is 0 Å². The van der Waals surface area contributed by atoms with E-state index in [1.54, 1.807) is 12.1 Å². The summed E-state index contributed by atoms with van der Waals surface area (Å²) < 4.78 is 19.2. The topological polar surface area (TPSA) is 36.0 Å². The van der Waals surface area contributed by atoms with Crippen molar-refractivity contribution in [3.05, 3.63) is 65.5 Å². The molecule has 2 aromatic carbocycles. The fourth-order valence-electron chi connectivity index (χ4n) is 5.60. The highest BCUT2D eigenvalue weighted by Crippen LogP contribution is 2.22. The monoisotopic (exact) mass is 509 g/mol. The van der Waals surface area contributed by atoms with Crippen LogP contribution in [-0.4, -0.2) is 72.0 Å². The molecule has 0 aromatic heterocycles. The summed E-state index contributed by atoms with van der Waals surface area (Å²) in [5.74, 6) is 0.704. The summed E-state index contributed by atoms with van der Waals surface area (Å²) in [7, 11) is 0. The highest BCUT2D eigenvalue weighted by atomic mass is 19.1. The van der Waals surface area contributed by atoms with Crippen molar-refractivity contribution in [1.82, 2.24) is 14.7 Å². The Morgan fingerprint density at radius 1 is 0.892 bits per heavy atom. The molecule has 0 unspecified atom stereocenters. The zero-order chi connectivity index (χ0) is 26.0. The number of carbonyl (C=O) groups is 1. The molecule has 6 heteroatoms. The van der Waals surface area contributed by atoms with Gasteiger partial charge < -0.3 is 19.4 Å². The van der Waals surface area contributed by atoms with Crippen LogP contribution in [0.3, 0.4) is 0 Å². The first-order valence-electron chi connectivity index (χ1n) is 14.2. The summed E-state index contributed by atoms with van der Waals surface area (Å²) in [6, 6.07) is 14.6. The number of rotatable bonds is 11. The number of halogens is 1. The molecule has 0 saturated carbocycles. The van der Waals surface area contributed by atoms with Crippen molar-refractivity contribution in [2.24, 2.45) is 0 Å². The summed E-state index contributed by atoms with van der Waals surface area (Å²) in [5, 5.41) is 0. The maximum Gasteiger partial charge on any atom is 0.227 e. The van der Waals surface area contributed by atoms with Gasteiger partial charge in [-0.3, -0.25) is 4.79 Å². The Balaban J connectivity index is 1.33. The van der Waals surface area contributed by atoms with Crippen LogP contribution in [-0.2, 0) is 17.8 Å². The standard InChI is InChI=1S/C31H44FN3O2/c1-25(2)37-30-13-9-26(10-14-30)23-31(36)35(24-27-7-11-28(32)12-8-27)29-15-21-34(22-16-29)20-6-19-33-17-4-3-5-18-33/h7-14,25,29H,3-6,15-24H2,1-2H3. The first-order valence-corrected chi connectivity index (χ1v) is 14.2. The molecule has 202 valence electrons. The highest BCUT2D eigenvalue weighted by molar-refractivity contribution is 5.79. The molecule has 2 aliphatic heterocycles. The second-order valence-corrected chi connectivity index (χ2v) is 11.0. The molecule has 0 aliphatic carbocycles. The smallest absolute Gasteiger partial charge is 0.227 e. The van der Waals surface area contributed by atoms with Crippen molar-refractivity contribution in [1.29, 1.82) is 0 Å². The molecule has 0 N–H and O–H groups in total. The molecule has 4 rings (SSSR count). The van der Waals surface area contributed by atoms with E-state index in [1.807, 2.05) is 43.0 Å². The second-order valence-electron chi connectivity index (χ2n) is 11.0. The molecule has 2 saturated heterocycles. The van der Waals surface area contributed by atoms with Gasteiger partial charge in [0.1, 0.15) is 11.6 Å². The van der Waals surface area contributed by atoms with E-state index in [9.17, 15) is 9.18 Å². The van der Waals surface area contributed by atoms with Crippen molar-refractivity contribution in [3.8, 4) is 5.75 Å². The molecule has 5 nitrogen and oxygen atoms in total. The lowest BCUT2D eigenvalue weighted by molar-refractivity contribution is -0.134. The van der Waals surface area contributed by atoms with Gasteiger partial charge in [0.15, 0.2) is 0 Å². The molecule has 2 fully saturated rings. The quantitative estimate of drug-likeness (QED) is 0.399. The molecule has 2 aliphatic rings. The summed E-state index contributed by atoms with van der Waals surface area (Å²) in [4.78, 5) is 20.8. The third kappa shape index (κ3) is 8.82. The number of nitrogens with zero attached hydrogens (tertiary/aromatic N) is 3. The Hall–Kier alpha value is -2.44. The summed E-state index contributed by atoms with van der Waals surface area (Å²) in [6.07, 6.45) is 7.75. The average molecular weight is 510 g/mol. The summed E-state index contributed by atoms with van der Waals surface area (Å²) in [6.45, 7) is 11.4. The van der Waals surface area contributed by atoms with Crippen LogP contribution < -0.4 is 4.74 Å². The zero-order valence-electron chi connectivity index (χ0n) is 22.7. The van der Waals surface area contributed by atoms with Gasteiger partial charge in [0.2, 0.25) is 5.91 Å². The minimum absolute atomic E-state index is 0.120. The molecular weight excluding hydrogens is 465 g/mol. The van der Waals surface area contributed by atoms with E-state index in [4.69, 9.17) is 4.74 Å². The van der Waals surface area contributed by atoms with Crippen molar-refractivity contribution < 1.29 is 13.9 Å². The predicted octanol–water partition coefficient (Wildman–Crippen LogP) is 5.52. The van der Waals surface area contributed by atoms with Crippen molar-refractivity contribution in [3.63, 3.8) is 0 Å². The van der Waals surface area contributed by atoms with Crippen molar-refractivity contribution in [2.75, 3.05) is 39.3 Å². The number of piperidine rings is 2. The van der Waals surface area contributed by atoms with Crippen LogP contribution in [0.5, 0.6) is 5.75 Å². The highest BCUT2D eigenvalue weighted by Gasteiger charge is 2.28.